The minimum absolute atomic E-state index is 0.170. The van der Waals surface area contributed by atoms with E-state index in [4.69, 9.17) is 9.47 Å². The zero-order valence-electron chi connectivity index (χ0n) is 17.0. The van der Waals surface area contributed by atoms with Crippen molar-refractivity contribution in [3.05, 3.63) is 0 Å². The zero-order chi connectivity index (χ0) is 18.9. The molecule has 0 N–H and O–H groups in total. The molecular weight excluding hydrogens is 334 g/mol. The van der Waals surface area contributed by atoms with E-state index in [1.165, 1.54) is 12.8 Å². The molecule has 0 aromatic carbocycles. The van der Waals surface area contributed by atoms with Crippen molar-refractivity contribution < 1.29 is 18.3 Å². The summed E-state index contributed by atoms with van der Waals surface area (Å²) in [7, 11) is 0. The summed E-state index contributed by atoms with van der Waals surface area (Å²) in [4.78, 5) is 0. The molecule has 4 aliphatic carbocycles. The van der Waals surface area contributed by atoms with Crippen LogP contribution in [0.1, 0.15) is 67.2 Å². The summed E-state index contributed by atoms with van der Waals surface area (Å²) in [6.45, 7) is 12.4. The number of hydrogen-bond donors (Lipinski definition) is 0. The Bertz CT molecular complexity index is 588. The molecule has 4 heteroatoms. The summed E-state index contributed by atoms with van der Waals surface area (Å²) in [5, 5.41) is 0. The molecule has 6 fully saturated rings. The van der Waals surface area contributed by atoms with Crippen LogP contribution in [-0.4, -0.2) is 36.8 Å². The summed E-state index contributed by atoms with van der Waals surface area (Å²) in [6, 6.07) is 0. The smallest absolute Gasteiger partial charge is 0.134 e. The normalized spacial score (nSPS) is 69.2. The third-order valence-corrected chi connectivity index (χ3v) is 9.47. The first-order chi connectivity index (χ1) is 12.0. The number of fused-ring (bicyclic) bond motifs is 6. The van der Waals surface area contributed by atoms with E-state index in [9.17, 15) is 8.78 Å². The van der Waals surface area contributed by atoms with Crippen LogP contribution in [-0.2, 0) is 9.47 Å². The second kappa shape index (κ2) is 4.84. The number of rotatable bonds is 0. The van der Waals surface area contributed by atoms with Gasteiger partial charge < -0.3 is 9.47 Å². The largest absolute Gasteiger partial charge is 0.371 e. The predicted molar refractivity (Wildman–Crippen MR) is 96.3 cm³/mol. The van der Waals surface area contributed by atoms with Crippen molar-refractivity contribution in [3.8, 4) is 0 Å². The lowest BCUT2D eigenvalue weighted by molar-refractivity contribution is -0.00656. The Balaban J connectivity index is 0.000000115. The van der Waals surface area contributed by atoms with Crippen LogP contribution in [0.15, 0.2) is 0 Å². The Morgan fingerprint density at radius 3 is 1.23 bits per heavy atom. The molecule has 2 saturated heterocycles. The average molecular weight is 369 g/mol. The summed E-state index contributed by atoms with van der Waals surface area (Å²) in [5.74, 6) is 1.49. The van der Waals surface area contributed by atoms with Crippen LogP contribution < -0.4 is 0 Å². The summed E-state index contributed by atoms with van der Waals surface area (Å²) >= 11 is 0. The predicted octanol–water partition coefficient (Wildman–Crippen LogP) is 5.10. The third kappa shape index (κ3) is 1.94. The van der Waals surface area contributed by atoms with E-state index in [0.717, 1.165) is 24.7 Å². The Hall–Kier alpha value is -0.220. The van der Waals surface area contributed by atoms with E-state index in [1.54, 1.807) is 0 Å². The van der Waals surface area contributed by atoms with Gasteiger partial charge in [0.05, 0.1) is 24.4 Å². The Morgan fingerprint density at radius 1 is 0.615 bits per heavy atom. The molecule has 2 heterocycles. The number of ether oxygens (including phenoxy) is 2. The maximum atomic E-state index is 13.9. The first-order valence-electron chi connectivity index (χ1n) is 10.6. The maximum Gasteiger partial charge on any atom is 0.134 e. The van der Waals surface area contributed by atoms with Crippen LogP contribution in [0.2, 0.25) is 0 Å². The van der Waals surface area contributed by atoms with Crippen molar-refractivity contribution in [2.24, 2.45) is 33.5 Å². The van der Waals surface area contributed by atoms with Crippen LogP contribution >= 0.6 is 0 Å². The standard InChI is InChI=1S/2C11H17FO/c2*1-6-8(12)11(3)5-7-4-10(7,2)9(11)13-6/h2*6-9H,4-5H2,1-3H3/t2*6-,7-,8+,9+,10-,11+/m00/s1. The molecule has 0 aromatic rings. The van der Waals surface area contributed by atoms with Crippen molar-refractivity contribution in [2.75, 3.05) is 0 Å². The number of halogens is 2. The first-order valence-corrected chi connectivity index (χ1v) is 10.6. The molecule has 148 valence electrons. The highest BCUT2D eigenvalue weighted by Gasteiger charge is 2.74. The fourth-order valence-corrected chi connectivity index (χ4v) is 7.76. The van der Waals surface area contributed by atoms with E-state index in [-0.39, 0.29) is 35.2 Å². The lowest BCUT2D eigenvalue weighted by atomic mass is 9.77. The lowest BCUT2D eigenvalue weighted by Crippen LogP contribution is -2.35. The van der Waals surface area contributed by atoms with Gasteiger partial charge in [0.25, 0.3) is 0 Å². The minimum atomic E-state index is -0.748. The molecule has 0 spiro atoms. The Labute approximate surface area is 156 Å². The molecule has 6 rings (SSSR count). The maximum absolute atomic E-state index is 13.9. The molecule has 2 aliphatic heterocycles. The van der Waals surface area contributed by atoms with E-state index < -0.39 is 12.3 Å². The first kappa shape index (κ1) is 17.8. The van der Waals surface area contributed by atoms with E-state index in [2.05, 4.69) is 27.7 Å². The highest BCUT2D eigenvalue weighted by molar-refractivity contribution is 5.22. The SMILES string of the molecule is C[C@@H]1O[C@@H]2[C@@]3(C)C[C@H]3C[C@]2(C)[C@@H]1F.C[C@@H]1O[C@@H]2[C@@]3(C)C[C@H]3C[C@]2(C)[C@@H]1F. The van der Waals surface area contributed by atoms with Crippen molar-refractivity contribution in [1.82, 2.24) is 0 Å². The average Bonchev–Trinajstić information content (AvgIpc) is 3.29. The van der Waals surface area contributed by atoms with Crippen molar-refractivity contribution in [3.63, 3.8) is 0 Å². The monoisotopic (exact) mass is 368 g/mol. The molecule has 0 radical (unpaired) electrons. The van der Waals surface area contributed by atoms with Crippen LogP contribution in [0.4, 0.5) is 8.78 Å². The van der Waals surface area contributed by atoms with Crippen molar-refractivity contribution in [1.29, 1.82) is 0 Å². The van der Waals surface area contributed by atoms with Gasteiger partial charge in [-0.3, -0.25) is 0 Å². The van der Waals surface area contributed by atoms with Gasteiger partial charge in [0.1, 0.15) is 12.3 Å². The van der Waals surface area contributed by atoms with Gasteiger partial charge in [-0.25, -0.2) is 8.78 Å². The van der Waals surface area contributed by atoms with Crippen LogP contribution in [0, 0.1) is 33.5 Å². The second-order valence-corrected chi connectivity index (χ2v) is 11.5. The van der Waals surface area contributed by atoms with E-state index >= 15 is 0 Å². The fraction of sp³-hybridized carbons (Fsp3) is 1.00. The van der Waals surface area contributed by atoms with Crippen LogP contribution in [0.25, 0.3) is 0 Å². The summed E-state index contributed by atoms with van der Waals surface area (Å²) < 4.78 is 39.4. The van der Waals surface area contributed by atoms with Crippen molar-refractivity contribution in [2.45, 2.75) is 104 Å². The van der Waals surface area contributed by atoms with E-state index in [1.807, 2.05) is 13.8 Å². The van der Waals surface area contributed by atoms with Crippen LogP contribution in [0.5, 0.6) is 0 Å². The molecular formula is C22H34F2O2. The highest BCUT2D eigenvalue weighted by atomic mass is 19.1. The van der Waals surface area contributed by atoms with Gasteiger partial charge in [-0.15, -0.1) is 0 Å². The molecule has 26 heavy (non-hydrogen) atoms. The molecule has 0 amide bonds. The highest BCUT2D eigenvalue weighted by Crippen LogP contribution is 2.74. The van der Waals surface area contributed by atoms with Gasteiger partial charge in [0, 0.05) is 10.8 Å². The number of hydrogen-bond acceptors (Lipinski definition) is 2. The molecule has 2 nitrogen and oxygen atoms in total. The summed E-state index contributed by atoms with van der Waals surface area (Å²) in [6.07, 6.45) is 3.11. The molecule has 0 bridgehead atoms. The van der Waals surface area contributed by atoms with Gasteiger partial charge in [-0.05, 0) is 62.2 Å². The minimum Gasteiger partial charge on any atom is -0.371 e. The van der Waals surface area contributed by atoms with E-state index in [0.29, 0.717) is 10.8 Å². The second-order valence-electron chi connectivity index (χ2n) is 11.5. The van der Waals surface area contributed by atoms with Gasteiger partial charge in [-0.1, -0.05) is 27.7 Å². The van der Waals surface area contributed by atoms with Gasteiger partial charge in [-0.2, -0.15) is 0 Å². The Morgan fingerprint density at radius 2 is 0.923 bits per heavy atom. The van der Waals surface area contributed by atoms with Gasteiger partial charge >= 0.3 is 0 Å². The molecule has 6 aliphatic rings. The van der Waals surface area contributed by atoms with Gasteiger partial charge in [0.2, 0.25) is 0 Å². The zero-order valence-corrected chi connectivity index (χ0v) is 17.0. The molecule has 0 unspecified atom stereocenters. The van der Waals surface area contributed by atoms with Gasteiger partial charge in [0.15, 0.2) is 0 Å². The molecule has 4 saturated carbocycles. The summed E-state index contributed by atoms with van der Waals surface area (Å²) in [5.41, 5.74) is 0.307. The quantitative estimate of drug-likeness (QED) is 0.592. The molecule has 12 atom stereocenters. The lowest BCUT2D eigenvalue weighted by Gasteiger charge is -2.29. The van der Waals surface area contributed by atoms with Crippen LogP contribution in [0.3, 0.4) is 0 Å². The number of alkyl halides is 2. The topological polar surface area (TPSA) is 18.5 Å². The van der Waals surface area contributed by atoms with Crippen molar-refractivity contribution >= 4 is 0 Å². The third-order valence-electron chi connectivity index (χ3n) is 9.47. The fourth-order valence-electron chi connectivity index (χ4n) is 7.76. The molecule has 0 aromatic heterocycles. The Kier molecular flexibility index (Phi) is 3.33.